The van der Waals surface area contributed by atoms with Crippen molar-refractivity contribution < 1.29 is 14.4 Å². The van der Waals surface area contributed by atoms with Gasteiger partial charge in [0.15, 0.2) is 0 Å². The van der Waals surface area contributed by atoms with Crippen molar-refractivity contribution in [3.63, 3.8) is 0 Å². The van der Waals surface area contributed by atoms with E-state index in [1.807, 2.05) is 18.2 Å². The third-order valence-corrected chi connectivity index (χ3v) is 4.84. The van der Waals surface area contributed by atoms with Crippen molar-refractivity contribution in [2.75, 3.05) is 6.54 Å². The van der Waals surface area contributed by atoms with Gasteiger partial charge < -0.3 is 16.0 Å². The minimum Gasteiger partial charge on any atom is -0.330 e. The third kappa shape index (κ3) is 3.72. The third-order valence-electron chi connectivity index (χ3n) is 4.84. The summed E-state index contributed by atoms with van der Waals surface area (Å²) in [6.07, 6.45) is 1.56. The molecular formula is C18H24N4O3. The normalized spacial score (nSPS) is 21.3. The Morgan fingerprint density at radius 2 is 2.16 bits per heavy atom. The van der Waals surface area contributed by atoms with E-state index in [1.54, 1.807) is 4.90 Å². The maximum absolute atomic E-state index is 12.6. The highest BCUT2D eigenvalue weighted by Crippen LogP contribution is 2.28. The lowest BCUT2D eigenvalue weighted by atomic mass is 10.0. The molecule has 1 fully saturated rings. The first-order valence-corrected chi connectivity index (χ1v) is 8.69. The van der Waals surface area contributed by atoms with Crippen LogP contribution in [-0.4, -0.2) is 41.2 Å². The van der Waals surface area contributed by atoms with Crippen LogP contribution in [0.5, 0.6) is 0 Å². The Kier molecular flexibility index (Phi) is 5.15. The topological polar surface area (TPSA) is 105 Å². The monoisotopic (exact) mass is 344 g/mol. The van der Waals surface area contributed by atoms with E-state index in [0.717, 1.165) is 17.5 Å². The SMILES string of the molecule is CC(CCN)NCc1ccc2c(c1)CN(C1CCC(=O)NC1=O)C2=O. The van der Waals surface area contributed by atoms with Crippen molar-refractivity contribution in [1.29, 1.82) is 0 Å². The maximum Gasteiger partial charge on any atom is 0.255 e. The highest BCUT2D eigenvalue weighted by molar-refractivity contribution is 6.05. The van der Waals surface area contributed by atoms with Crippen molar-refractivity contribution in [1.82, 2.24) is 15.5 Å². The first-order chi connectivity index (χ1) is 12.0. The van der Waals surface area contributed by atoms with Gasteiger partial charge in [-0.3, -0.25) is 19.7 Å². The van der Waals surface area contributed by atoms with Crippen molar-refractivity contribution >= 4 is 17.7 Å². The van der Waals surface area contributed by atoms with Gasteiger partial charge >= 0.3 is 0 Å². The van der Waals surface area contributed by atoms with Crippen molar-refractivity contribution in [3.05, 3.63) is 34.9 Å². The van der Waals surface area contributed by atoms with E-state index in [1.165, 1.54) is 0 Å². The van der Waals surface area contributed by atoms with E-state index in [0.29, 0.717) is 37.7 Å². The number of hydrogen-bond acceptors (Lipinski definition) is 5. The Labute approximate surface area is 146 Å². The van der Waals surface area contributed by atoms with Crippen LogP contribution in [0.15, 0.2) is 18.2 Å². The number of piperidine rings is 1. The van der Waals surface area contributed by atoms with E-state index in [2.05, 4.69) is 17.6 Å². The Morgan fingerprint density at radius 1 is 1.36 bits per heavy atom. The van der Waals surface area contributed by atoms with Crippen LogP contribution in [0.2, 0.25) is 0 Å². The summed E-state index contributed by atoms with van der Waals surface area (Å²) in [5.74, 6) is -0.791. The van der Waals surface area contributed by atoms with Gasteiger partial charge in [0.25, 0.3) is 5.91 Å². The molecule has 2 heterocycles. The lowest BCUT2D eigenvalue weighted by molar-refractivity contribution is -0.136. The molecule has 0 saturated carbocycles. The number of benzene rings is 1. The van der Waals surface area contributed by atoms with Gasteiger partial charge in [0.1, 0.15) is 6.04 Å². The fourth-order valence-electron chi connectivity index (χ4n) is 3.38. The van der Waals surface area contributed by atoms with E-state index in [4.69, 9.17) is 5.73 Å². The quantitative estimate of drug-likeness (QED) is 0.643. The highest BCUT2D eigenvalue weighted by Gasteiger charge is 2.38. The molecule has 1 saturated heterocycles. The highest BCUT2D eigenvalue weighted by atomic mass is 16.2. The van der Waals surface area contributed by atoms with Crippen LogP contribution in [0.1, 0.15) is 47.7 Å². The van der Waals surface area contributed by atoms with Crippen molar-refractivity contribution in [3.8, 4) is 0 Å². The predicted molar refractivity (Wildman–Crippen MR) is 92.5 cm³/mol. The second-order valence-corrected chi connectivity index (χ2v) is 6.75. The number of hydrogen-bond donors (Lipinski definition) is 3. The Hall–Kier alpha value is -2.25. The molecule has 7 nitrogen and oxygen atoms in total. The average Bonchev–Trinajstić information content (AvgIpc) is 2.89. The zero-order valence-electron chi connectivity index (χ0n) is 14.4. The Morgan fingerprint density at radius 3 is 2.88 bits per heavy atom. The number of carbonyl (C=O) groups excluding carboxylic acids is 3. The fourth-order valence-corrected chi connectivity index (χ4v) is 3.38. The summed E-state index contributed by atoms with van der Waals surface area (Å²) in [6.45, 7) is 3.86. The minimum atomic E-state index is -0.566. The number of amides is 3. The van der Waals surface area contributed by atoms with Gasteiger partial charge in [-0.25, -0.2) is 0 Å². The summed E-state index contributed by atoms with van der Waals surface area (Å²) in [6, 6.07) is 5.55. The largest absolute Gasteiger partial charge is 0.330 e. The van der Waals surface area contributed by atoms with E-state index in [9.17, 15) is 14.4 Å². The molecule has 3 rings (SSSR count). The molecule has 2 atom stereocenters. The Balaban J connectivity index is 1.69. The molecule has 2 aliphatic heterocycles. The van der Waals surface area contributed by atoms with Gasteiger partial charge in [-0.1, -0.05) is 12.1 Å². The van der Waals surface area contributed by atoms with Gasteiger partial charge in [0.05, 0.1) is 0 Å². The smallest absolute Gasteiger partial charge is 0.255 e. The number of nitrogens with one attached hydrogen (secondary N) is 2. The molecule has 0 spiro atoms. The lowest BCUT2D eigenvalue weighted by Gasteiger charge is -2.29. The number of carbonyl (C=O) groups is 3. The summed E-state index contributed by atoms with van der Waals surface area (Å²) < 4.78 is 0. The van der Waals surface area contributed by atoms with E-state index < -0.39 is 6.04 Å². The van der Waals surface area contributed by atoms with Crippen molar-refractivity contribution in [2.45, 2.75) is 51.4 Å². The number of rotatable bonds is 6. The summed E-state index contributed by atoms with van der Waals surface area (Å²) >= 11 is 0. The van der Waals surface area contributed by atoms with E-state index >= 15 is 0 Å². The molecule has 3 amide bonds. The molecule has 2 aliphatic rings. The molecular weight excluding hydrogens is 320 g/mol. The molecule has 1 aromatic carbocycles. The molecule has 0 aliphatic carbocycles. The molecule has 4 N–H and O–H groups in total. The summed E-state index contributed by atoms with van der Waals surface area (Å²) in [4.78, 5) is 37.5. The van der Waals surface area contributed by atoms with Gasteiger partial charge in [-0.2, -0.15) is 0 Å². The predicted octanol–water partition coefficient (Wildman–Crippen LogP) is 0.275. The van der Waals surface area contributed by atoms with Gasteiger partial charge in [0, 0.05) is 31.1 Å². The molecule has 2 unspecified atom stereocenters. The molecule has 1 aromatic rings. The van der Waals surface area contributed by atoms with Gasteiger partial charge in [0.2, 0.25) is 11.8 Å². The summed E-state index contributed by atoms with van der Waals surface area (Å²) in [5.41, 5.74) is 8.23. The maximum atomic E-state index is 12.6. The average molecular weight is 344 g/mol. The van der Waals surface area contributed by atoms with Crippen LogP contribution < -0.4 is 16.4 Å². The van der Waals surface area contributed by atoms with Crippen molar-refractivity contribution in [2.24, 2.45) is 5.73 Å². The number of fused-ring (bicyclic) bond motifs is 1. The molecule has 7 heteroatoms. The number of imide groups is 1. The van der Waals surface area contributed by atoms with Crippen LogP contribution in [0.3, 0.4) is 0 Å². The fraction of sp³-hybridized carbons (Fsp3) is 0.500. The van der Waals surface area contributed by atoms with Crippen LogP contribution >= 0.6 is 0 Å². The van der Waals surface area contributed by atoms with E-state index in [-0.39, 0.29) is 24.1 Å². The second kappa shape index (κ2) is 7.33. The molecule has 0 radical (unpaired) electrons. The Bertz CT molecular complexity index is 704. The van der Waals surface area contributed by atoms with Crippen LogP contribution in [0.25, 0.3) is 0 Å². The van der Waals surface area contributed by atoms with Crippen LogP contribution in [0, 0.1) is 0 Å². The standard InChI is InChI=1S/C18H24N4O3/c1-11(6-7-19)20-9-12-2-3-14-13(8-12)10-22(18(14)25)15-4-5-16(23)21-17(15)24/h2-3,8,11,15,20H,4-7,9-10,19H2,1H3,(H,21,23,24). The van der Waals surface area contributed by atoms with Gasteiger partial charge in [-0.05, 0) is 43.5 Å². The first kappa shape index (κ1) is 17.6. The summed E-state index contributed by atoms with van der Waals surface area (Å²) in [5, 5.41) is 5.73. The lowest BCUT2D eigenvalue weighted by Crippen LogP contribution is -2.52. The molecule has 134 valence electrons. The molecule has 0 aromatic heterocycles. The molecule has 0 bridgehead atoms. The van der Waals surface area contributed by atoms with Gasteiger partial charge in [-0.15, -0.1) is 0 Å². The zero-order valence-corrected chi connectivity index (χ0v) is 14.4. The second-order valence-electron chi connectivity index (χ2n) is 6.75. The molecule has 25 heavy (non-hydrogen) atoms. The summed E-state index contributed by atoms with van der Waals surface area (Å²) in [7, 11) is 0. The van der Waals surface area contributed by atoms with Crippen LogP contribution in [0.4, 0.5) is 0 Å². The number of nitrogens with two attached hydrogens (primary N) is 1. The first-order valence-electron chi connectivity index (χ1n) is 8.69. The number of nitrogens with zero attached hydrogens (tertiary/aromatic N) is 1. The van der Waals surface area contributed by atoms with Crippen LogP contribution in [-0.2, 0) is 22.7 Å². The zero-order chi connectivity index (χ0) is 18.0. The minimum absolute atomic E-state index is 0.138.